The summed E-state index contributed by atoms with van der Waals surface area (Å²) in [7, 11) is -4.65. The third-order valence-corrected chi connectivity index (χ3v) is 3.32. The Labute approximate surface area is 121 Å². The Bertz CT molecular complexity index is 614. The summed E-state index contributed by atoms with van der Waals surface area (Å²) in [4.78, 5) is 10.7. The van der Waals surface area contributed by atoms with Crippen LogP contribution in [0.4, 0.5) is 0 Å². The van der Waals surface area contributed by atoms with Crippen LogP contribution in [-0.2, 0) is 26.1 Å². The zero-order chi connectivity index (χ0) is 15.5. The molecule has 7 nitrogen and oxygen atoms in total. The number of phenols is 1. The van der Waals surface area contributed by atoms with Gasteiger partial charge >= 0.3 is 5.97 Å². The predicted molar refractivity (Wildman–Crippen MR) is 71.2 cm³/mol. The Hall–Kier alpha value is -1.35. The van der Waals surface area contributed by atoms with Crippen molar-refractivity contribution in [3.8, 4) is 5.75 Å². The molecule has 0 aromatic heterocycles. The predicted octanol–water partition coefficient (Wildman–Crippen LogP) is 0.725. The number of esters is 1. The first-order valence-corrected chi connectivity index (χ1v) is 7.33. The first-order chi connectivity index (χ1) is 9.11. The maximum absolute atomic E-state index is 11.5. The molecule has 0 bridgehead atoms. The number of ether oxygens (including phenoxy) is 1. The summed E-state index contributed by atoms with van der Waals surface area (Å²) in [6.07, 6.45) is -0.401. The minimum Gasteiger partial charge on any atom is -0.506 e. The molecule has 4 N–H and O–H groups in total. The molecular formula is C11H14ClNO6S. The van der Waals surface area contributed by atoms with E-state index in [0.717, 1.165) is 6.07 Å². The van der Waals surface area contributed by atoms with Gasteiger partial charge in [-0.25, -0.2) is 0 Å². The summed E-state index contributed by atoms with van der Waals surface area (Å²) in [5.74, 6) is -1.45. The van der Waals surface area contributed by atoms with Crippen LogP contribution < -0.4 is 5.73 Å². The number of hydrogen-bond acceptors (Lipinski definition) is 6. The standard InChI is InChI=1S/C11H14ClNO6S/c1-6(13)5-19-10(14)3-7-2-8(12)4-9(11(7)15)20(16,17)18/h2,4,6,15H,3,5,13H2,1H3,(H,16,17,18)/t6-/m0/s1. The molecular weight excluding hydrogens is 310 g/mol. The van der Waals surface area contributed by atoms with E-state index in [1.165, 1.54) is 6.07 Å². The molecule has 0 fully saturated rings. The van der Waals surface area contributed by atoms with E-state index in [9.17, 15) is 18.3 Å². The fourth-order valence-electron chi connectivity index (χ4n) is 1.39. The summed E-state index contributed by atoms with van der Waals surface area (Å²) in [5, 5.41) is 9.69. The molecule has 9 heteroatoms. The second-order valence-electron chi connectivity index (χ2n) is 4.22. The second-order valence-corrected chi connectivity index (χ2v) is 6.05. The van der Waals surface area contributed by atoms with Crippen molar-refractivity contribution in [2.24, 2.45) is 5.73 Å². The number of carbonyl (C=O) groups excluding carboxylic acids is 1. The molecule has 0 aliphatic heterocycles. The van der Waals surface area contributed by atoms with Gasteiger partial charge in [0.15, 0.2) is 0 Å². The van der Waals surface area contributed by atoms with Gasteiger partial charge in [0.1, 0.15) is 17.3 Å². The molecule has 1 aromatic carbocycles. The smallest absolute Gasteiger partial charge is 0.310 e. The number of halogens is 1. The molecule has 0 amide bonds. The number of hydrogen-bond donors (Lipinski definition) is 3. The fourth-order valence-corrected chi connectivity index (χ4v) is 2.35. The van der Waals surface area contributed by atoms with E-state index in [1.807, 2.05) is 0 Å². The van der Waals surface area contributed by atoms with Crippen LogP contribution in [0.2, 0.25) is 5.02 Å². The van der Waals surface area contributed by atoms with Crippen molar-refractivity contribution in [1.82, 2.24) is 0 Å². The van der Waals surface area contributed by atoms with Crippen molar-refractivity contribution in [2.45, 2.75) is 24.3 Å². The van der Waals surface area contributed by atoms with Crippen LogP contribution in [0.25, 0.3) is 0 Å². The third-order valence-electron chi connectivity index (χ3n) is 2.24. The van der Waals surface area contributed by atoms with Crippen molar-refractivity contribution < 1.29 is 27.6 Å². The van der Waals surface area contributed by atoms with E-state index in [2.05, 4.69) is 0 Å². The summed E-state index contributed by atoms with van der Waals surface area (Å²) >= 11 is 5.68. The fraction of sp³-hybridized carbons (Fsp3) is 0.364. The van der Waals surface area contributed by atoms with E-state index in [0.29, 0.717) is 0 Å². The Morgan fingerprint density at radius 2 is 2.10 bits per heavy atom. The first-order valence-electron chi connectivity index (χ1n) is 5.51. The lowest BCUT2D eigenvalue weighted by Crippen LogP contribution is -2.24. The van der Waals surface area contributed by atoms with Gasteiger partial charge in [0.05, 0.1) is 6.42 Å². The molecule has 112 valence electrons. The summed E-state index contributed by atoms with van der Waals surface area (Å²) in [6.45, 7) is 1.63. The lowest BCUT2D eigenvalue weighted by Gasteiger charge is -2.10. The number of nitrogens with two attached hydrogens (primary N) is 1. The molecule has 0 spiro atoms. The normalized spacial score (nSPS) is 13.0. The van der Waals surface area contributed by atoms with E-state index in [1.54, 1.807) is 6.92 Å². The summed E-state index contributed by atoms with van der Waals surface area (Å²) < 4.78 is 35.9. The highest BCUT2D eigenvalue weighted by Crippen LogP contribution is 2.31. The van der Waals surface area contributed by atoms with Gasteiger partial charge in [-0.1, -0.05) is 11.6 Å². The zero-order valence-corrected chi connectivity index (χ0v) is 12.1. The molecule has 0 radical (unpaired) electrons. The van der Waals surface area contributed by atoms with Gasteiger partial charge in [-0.05, 0) is 19.1 Å². The summed E-state index contributed by atoms with van der Waals surface area (Å²) in [5.41, 5.74) is 5.34. The van der Waals surface area contributed by atoms with E-state index in [4.69, 9.17) is 26.6 Å². The highest BCUT2D eigenvalue weighted by Gasteiger charge is 2.21. The monoisotopic (exact) mass is 323 g/mol. The van der Waals surface area contributed by atoms with Gasteiger partial charge in [0.2, 0.25) is 0 Å². The van der Waals surface area contributed by atoms with Gasteiger partial charge in [0.25, 0.3) is 10.1 Å². The molecule has 0 saturated carbocycles. The van der Waals surface area contributed by atoms with E-state index >= 15 is 0 Å². The van der Waals surface area contributed by atoms with Crippen LogP contribution >= 0.6 is 11.6 Å². The molecule has 0 aliphatic carbocycles. The van der Waals surface area contributed by atoms with Gasteiger partial charge in [-0.2, -0.15) is 8.42 Å². The second kappa shape index (κ2) is 6.40. The van der Waals surface area contributed by atoms with Gasteiger partial charge < -0.3 is 15.6 Å². The van der Waals surface area contributed by atoms with E-state index in [-0.39, 0.29) is 23.2 Å². The van der Waals surface area contributed by atoms with Gasteiger partial charge in [-0.15, -0.1) is 0 Å². The molecule has 0 heterocycles. The average Bonchev–Trinajstić information content (AvgIpc) is 2.29. The van der Waals surface area contributed by atoms with Crippen molar-refractivity contribution in [1.29, 1.82) is 0 Å². The molecule has 1 atom stereocenters. The highest BCUT2D eigenvalue weighted by atomic mass is 35.5. The Balaban J connectivity index is 3.02. The molecule has 0 unspecified atom stereocenters. The number of carbonyl (C=O) groups is 1. The average molecular weight is 324 g/mol. The topological polar surface area (TPSA) is 127 Å². The largest absolute Gasteiger partial charge is 0.506 e. The minimum atomic E-state index is -4.65. The maximum atomic E-state index is 11.5. The van der Waals surface area contributed by atoms with Crippen LogP contribution in [0, 0.1) is 0 Å². The number of aromatic hydroxyl groups is 1. The highest BCUT2D eigenvalue weighted by molar-refractivity contribution is 7.86. The lowest BCUT2D eigenvalue weighted by molar-refractivity contribution is -0.143. The van der Waals surface area contributed by atoms with Crippen molar-refractivity contribution in [2.75, 3.05) is 6.61 Å². The molecule has 20 heavy (non-hydrogen) atoms. The quantitative estimate of drug-likeness (QED) is 0.538. The zero-order valence-electron chi connectivity index (χ0n) is 10.5. The van der Waals surface area contributed by atoms with Crippen molar-refractivity contribution in [3.63, 3.8) is 0 Å². The van der Waals surface area contributed by atoms with Gasteiger partial charge in [-0.3, -0.25) is 9.35 Å². The van der Waals surface area contributed by atoms with Crippen LogP contribution in [0.15, 0.2) is 17.0 Å². The maximum Gasteiger partial charge on any atom is 0.310 e. The van der Waals surface area contributed by atoms with Crippen LogP contribution in [-0.4, -0.2) is 36.7 Å². The lowest BCUT2D eigenvalue weighted by atomic mass is 10.1. The first kappa shape index (κ1) is 16.7. The number of benzene rings is 1. The Morgan fingerprint density at radius 1 is 1.50 bits per heavy atom. The van der Waals surface area contributed by atoms with Crippen LogP contribution in [0.1, 0.15) is 12.5 Å². The van der Waals surface area contributed by atoms with Crippen LogP contribution in [0.3, 0.4) is 0 Å². The van der Waals surface area contributed by atoms with Crippen molar-refractivity contribution >= 4 is 27.7 Å². The Kier molecular flexibility index (Phi) is 5.35. The minimum absolute atomic E-state index is 0.00861. The third kappa shape index (κ3) is 4.64. The van der Waals surface area contributed by atoms with Gasteiger partial charge in [0, 0.05) is 16.6 Å². The SMILES string of the molecule is C[C@H](N)COC(=O)Cc1cc(Cl)cc(S(=O)(=O)O)c1O. The van der Waals surface area contributed by atoms with E-state index < -0.39 is 33.2 Å². The number of phenolic OH excluding ortho intramolecular Hbond substituents is 1. The molecule has 1 aromatic rings. The number of rotatable bonds is 5. The Morgan fingerprint density at radius 3 is 2.60 bits per heavy atom. The summed E-state index contributed by atoms with van der Waals surface area (Å²) in [6, 6.07) is 1.74. The van der Waals surface area contributed by atoms with Crippen LogP contribution in [0.5, 0.6) is 5.75 Å². The molecule has 0 aliphatic rings. The van der Waals surface area contributed by atoms with Crippen molar-refractivity contribution in [3.05, 3.63) is 22.7 Å². The molecule has 0 saturated heterocycles. The molecule has 1 rings (SSSR count).